The number of halogens is 4. The smallest absolute Gasteiger partial charge is 0.257 e. The van der Waals surface area contributed by atoms with Gasteiger partial charge in [0, 0.05) is 6.20 Å². The van der Waals surface area contributed by atoms with Gasteiger partial charge in [0.05, 0.1) is 11.3 Å². The zero-order chi connectivity index (χ0) is 11.6. The van der Waals surface area contributed by atoms with E-state index >= 15 is 0 Å². The van der Waals surface area contributed by atoms with Crippen LogP contribution >= 0.6 is 11.6 Å². The van der Waals surface area contributed by atoms with Gasteiger partial charge in [-0.05, 0) is 23.7 Å². The van der Waals surface area contributed by atoms with Crippen LogP contribution in [-0.2, 0) is 6.18 Å². The van der Waals surface area contributed by atoms with Crippen LogP contribution < -0.4 is 0 Å². The van der Waals surface area contributed by atoms with Gasteiger partial charge in [-0.2, -0.15) is 13.2 Å². The number of aryl methyl sites for hydroxylation is 1. The molecule has 0 aliphatic carbocycles. The number of hydrogen-bond acceptors (Lipinski definition) is 3. The lowest BCUT2D eigenvalue weighted by atomic mass is 10.1. The van der Waals surface area contributed by atoms with Crippen molar-refractivity contribution in [2.24, 2.45) is 5.18 Å². The second-order valence-corrected chi connectivity index (χ2v) is 3.28. The van der Waals surface area contributed by atoms with Gasteiger partial charge in [0.25, 0.3) is 0 Å². The number of hydrogen-bond donors (Lipinski definition) is 0. The van der Waals surface area contributed by atoms with Gasteiger partial charge in [-0.3, -0.25) is 4.98 Å². The molecule has 0 bridgehead atoms. The highest BCUT2D eigenvalue weighted by Crippen LogP contribution is 2.31. The van der Waals surface area contributed by atoms with Gasteiger partial charge in [-0.25, -0.2) is 0 Å². The lowest BCUT2D eigenvalue weighted by Crippen LogP contribution is -2.07. The van der Waals surface area contributed by atoms with Gasteiger partial charge in [0.15, 0.2) is 0 Å². The topological polar surface area (TPSA) is 42.3 Å². The molecule has 15 heavy (non-hydrogen) atoms. The van der Waals surface area contributed by atoms with Crippen molar-refractivity contribution >= 4 is 11.6 Å². The van der Waals surface area contributed by atoms with Crippen LogP contribution in [-0.4, -0.2) is 4.98 Å². The molecule has 7 heteroatoms. The molecule has 3 nitrogen and oxygen atoms in total. The van der Waals surface area contributed by atoms with Crippen molar-refractivity contribution in [3.8, 4) is 0 Å². The van der Waals surface area contributed by atoms with Crippen LogP contribution in [0.4, 0.5) is 13.2 Å². The third-order valence-corrected chi connectivity index (χ3v) is 2.05. The molecule has 1 unspecified atom stereocenters. The van der Waals surface area contributed by atoms with E-state index in [-0.39, 0.29) is 11.3 Å². The minimum absolute atomic E-state index is 0.0414. The van der Waals surface area contributed by atoms with Crippen molar-refractivity contribution in [3.63, 3.8) is 0 Å². The van der Waals surface area contributed by atoms with Crippen LogP contribution in [0.2, 0.25) is 0 Å². The summed E-state index contributed by atoms with van der Waals surface area (Å²) >= 11 is 5.44. The molecule has 0 saturated heterocycles. The van der Waals surface area contributed by atoms with E-state index < -0.39 is 17.2 Å². The number of nitroso groups, excluding NO2 is 1. The SMILES string of the molecule is Cc1cc(C(F)(F)F)cnc1C(Cl)N=O. The Morgan fingerprint density at radius 2 is 2.13 bits per heavy atom. The second-order valence-electron chi connectivity index (χ2n) is 2.87. The van der Waals surface area contributed by atoms with Crippen molar-refractivity contribution < 1.29 is 13.2 Å². The van der Waals surface area contributed by atoms with Gasteiger partial charge in [0.2, 0.25) is 5.50 Å². The van der Waals surface area contributed by atoms with Crippen LogP contribution in [0.15, 0.2) is 17.4 Å². The van der Waals surface area contributed by atoms with E-state index in [1.54, 1.807) is 0 Å². The Kier molecular flexibility index (Phi) is 3.28. The number of pyridine rings is 1. The van der Waals surface area contributed by atoms with Crippen molar-refractivity contribution in [3.05, 3.63) is 34.0 Å². The fourth-order valence-corrected chi connectivity index (χ4v) is 1.27. The van der Waals surface area contributed by atoms with E-state index in [0.29, 0.717) is 6.20 Å². The summed E-state index contributed by atoms with van der Waals surface area (Å²) in [5, 5.41) is 2.48. The Morgan fingerprint density at radius 1 is 1.53 bits per heavy atom. The molecular weight excluding hydrogens is 233 g/mol. The molecule has 0 saturated carbocycles. The zero-order valence-corrected chi connectivity index (χ0v) is 8.30. The standard InChI is InChI=1S/C8H6ClF3N2O/c1-4-2-5(8(10,11)12)3-13-6(4)7(9)14-15/h2-3,7H,1H3. The predicted molar refractivity (Wildman–Crippen MR) is 48.4 cm³/mol. The molecule has 0 amide bonds. The van der Waals surface area contributed by atoms with Crippen molar-refractivity contribution in [1.82, 2.24) is 4.98 Å². The largest absolute Gasteiger partial charge is 0.417 e. The summed E-state index contributed by atoms with van der Waals surface area (Å²) in [5.41, 5.74) is -1.91. The highest BCUT2D eigenvalue weighted by molar-refractivity contribution is 6.20. The van der Waals surface area contributed by atoms with Gasteiger partial charge in [0.1, 0.15) is 0 Å². The molecule has 0 aliphatic rings. The van der Waals surface area contributed by atoms with Gasteiger partial charge in [-0.15, -0.1) is 4.91 Å². The van der Waals surface area contributed by atoms with E-state index in [1.165, 1.54) is 6.92 Å². The van der Waals surface area contributed by atoms with Crippen LogP contribution in [0.5, 0.6) is 0 Å². The van der Waals surface area contributed by atoms with Crippen LogP contribution in [0.25, 0.3) is 0 Å². The van der Waals surface area contributed by atoms with E-state index in [4.69, 9.17) is 11.6 Å². The molecule has 0 aliphatic heterocycles. The molecule has 0 aromatic carbocycles. The Balaban J connectivity index is 3.14. The first-order valence-corrected chi connectivity index (χ1v) is 4.30. The number of alkyl halides is 4. The molecule has 0 radical (unpaired) electrons. The van der Waals surface area contributed by atoms with Crippen molar-refractivity contribution in [2.45, 2.75) is 18.6 Å². The van der Waals surface area contributed by atoms with Crippen LogP contribution in [0.1, 0.15) is 22.3 Å². The highest BCUT2D eigenvalue weighted by Gasteiger charge is 2.31. The van der Waals surface area contributed by atoms with Crippen LogP contribution in [0, 0.1) is 11.8 Å². The molecule has 1 aromatic rings. The highest BCUT2D eigenvalue weighted by atomic mass is 35.5. The van der Waals surface area contributed by atoms with E-state index in [9.17, 15) is 18.1 Å². The summed E-state index contributed by atoms with van der Waals surface area (Å²) in [4.78, 5) is 13.6. The maximum absolute atomic E-state index is 12.2. The summed E-state index contributed by atoms with van der Waals surface area (Å²) in [6, 6.07) is 0.878. The molecule has 0 N–H and O–H groups in total. The van der Waals surface area contributed by atoms with Gasteiger partial charge in [-0.1, -0.05) is 11.6 Å². The first kappa shape index (κ1) is 11.9. The lowest BCUT2D eigenvalue weighted by Gasteiger charge is -2.09. The summed E-state index contributed by atoms with van der Waals surface area (Å²) in [7, 11) is 0. The zero-order valence-electron chi connectivity index (χ0n) is 7.55. The first-order valence-electron chi connectivity index (χ1n) is 3.86. The van der Waals surface area contributed by atoms with Gasteiger partial charge < -0.3 is 0 Å². The quantitative estimate of drug-likeness (QED) is 0.450. The maximum Gasteiger partial charge on any atom is 0.417 e. The minimum atomic E-state index is -4.45. The van der Waals surface area contributed by atoms with Crippen LogP contribution in [0.3, 0.4) is 0 Å². The molecule has 0 fully saturated rings. The van der Waals surface area contributed by atoms with E-state index in [1.807, 2.05) is 0 Å². The maximum atomic E-state index is 12.2. The third-order valence-electron chi connectivity index (χ3n) is 1.76. The normalized spacial score (nSPS) is 13.7. The molecule has 1 aromatic heterocycles. The van der Waals surface area contributed by atoms with Crippen molar-refractivity contribution in [2.75, 3.05) is 0 Å². The first-order chi connectivity index (χ1) is 6.86. The second kappa shape index (κ2) is 4.14. The monoisotopic (exact) mass is 238 g/mol. The Morgan fingerprint density at radius 3 is 2.53 bits per heavy atom. The molecular formula is C8H6ClF3N2O. The molecule has 1 rings (SSSR count). The number of aromatic nitrogens is 1. The summed E-state index contributed by atoms with van der Waals surface area (Å²) in [6.45, 7) is 1.39. The predicted octanol–water partition coefficient (Wildman–Crippen LogP) is 3.41. The third kappa shape index (κ3) is 2.65. The molecule has 82 valence electrons. The minimum Gasteiger partial charge on any atom is -0.257 e. The Labute approximate surface area is 88.2 Å². The molecule has 1 atom stereocenters. The number of rotatable bonds is 2. The lowest BCUT2D eigenvalue weighted by molar-refractivity contribution is -0.137. The summed E-state index contributed by atoms with van der Waals surface area (Å²) in [5.74, 6) is 0. The Hall–Kier alpha value is -1.17. The summed E-state index contributed by atoms with van der Waals surface area (Å²) in [6.07, 6.45) is -3.82. The Bertz CT molecular complexity index is 381. The average Bonchev–Trinajstić information content (AvgIpc) is 2.15. The fraction of sp³-hybridized carbons (Fsp3) is 0.375. The molecule has 0 spiro atoms. The fourth-order valence-electron chi connectivity index (χ4n) is 1.04. The number of nitrogens with zero attached hydrogens (tertiary/aromatic N) is 2. The summed E-state index contributed by atoms with van der Waals surface area (Å²) < 4.78 is 36.7. The van der Waals surface area contributed by atoms with Gasteiger partial charge >= 0.3 is 6.18 Å². The van der Waals surface area contributed by atoms with Crippen molar-refractivity contribution in [1.29, 1.82) is 0 Å². The molecule has 1 heterocycles. The van der Waals surface area contributed by atoms with E-state index in [2.05, 4.69) is 10.2 Å². The average molecular weight is 239 g/mol. The van der Waals surface area contributed by atoms with E-state index in [0.717, 1.165) is 6.07 Å².